The molecule has 1 aliphatic rings. The average Bonchev–Trinajstić information content (AvgIpc) is 2.67. The highest BCUT2D eigenvalue weighted by atomic mass is 79.9. The Morgan fingerprint density at radius 2 is 1.62 bits per heavy atom. The Bertz CT molecular complexity index is 869. The molecule has 3 rings (SSSR count). The van der Waals surface area contributed by atoms with Crippen LogP contribution >= 0.6 is 15.9 Å². The van der Waals surface area contributed by atoms with Gasteiger partial charge in [-0.1, -0.05) is 59.5 Å². The second-order valence-corrected chi connectivity index (χ2v) is 9.28. The van der Waals surface area contributed by atoms with Crippen molar-refractivity contribution in [2.75, 3.05) is 0 Å². The number of nitrogens with zero attached hydrogens (tertiary/aromatic N) is 1. The summed E-state index contributed by atoms with van der Waals surface area (Å²) in [6.45, 7) is 1.81. The van der Waals surface area contributed by atoms with Crippen LogP contribution in [0.15, 0.2) is 63.0 Å². The molecule has 2 aromatic carbocycles. The third-order valence-corrected chi connectivity index (χ3v) is 6.62. The smallest absolute Gasteiger partial charge is 0.200 e. The van der Waals surface area contributed by atoms with E-state index in [0.29, 0.717) is 11.6 Å². The first-order chi connectivity index (χ1) is 12.5. The maximum absolute atomic E-state index is 12.3. The van der Waals surface area contributed by atoms with E-state index in [1.165, 1.54) is 49.8 Å². The van der Waals surface area contributed by atoms with Gasteiger partial charge >= 0.3 is 0 Å². The summed E-state index contributed by atoms with van der Waals surface area (Å²) in [7, 11) is -3.66. The summed E-state index contributed by atoms with van der Waals surface area (Å²) in [6.07, 6.45) is 6.49. The third-order valence-electron chi connectivity index (χ3n) is 4.86. The first-order valence-corrected chi connectivity index (χ1v) is 11.2. The van der Waals surface area contributed by atoms with Gasteiger partial charge in [-0.25, -0.2) is 0 Å². The number of hydrazone groups is 1. The molecule has 0 radical (unpaired) electrons. The first kappa shape index (κ1) is 19.1. The van der Waals surface area contributed by atoms with Crippen molar-refractivity contribution in [2.24, 2.45) is 5.10 Å². The highest BCUT2D eigenvalue weighted by Crippen LogP contribution is 2.32. The van der Waals surface area contributed by atoms with Gasteiger partial charge in [0.15, 0.2) is 0 Å². The van der Waals surface area contributed by atoms with Crippen LogP contribution in [0.5, 0.6) is 0 Å². The van der Waals surface area contributed by atoms with Crippen LogP contribution in [0.25, 0.3) is 0 Å². The minimum Gasteiger partial charge on any atom is -0.200 e. The summed E-state index contributed by atoms with van der Waals surface area (Å²) in [5.74, 6) is 0.658. The molecule has 138 valence electrons. The van der Waals surface area contributed by atoms with Crippen LogP contribution in [0, 0.1) is 0 Å². The van der Waals surface area contributed by atoms with Crippen LogP contribution in [-0.2, 0) is 10.0 Å². The molecule has 1 fully saturated rings. The summed E-state index contributed by atoms with van der Waals surface area (Å²) in [5.41, 5.74) is 2.93. The van der Waals surface area contributed by atoms with Crippen molar-refractivity contribution < 1.29 is 8.42 Å². The van der Waals surface area contributed by atoms with Crippen molar-refractivity contribution in [3.63, 3.8) is 0 Å². The molecule has 26 heavy (non-hydrogen) atoms. The van der Waals surface area contributed by atoms with Crippen LogP contribution < -0.4 is 4.83 Å². The Hall–Kier alpha value is -1.66. The van der Waals surface area contributed by atoms with E-state index in [1.54, 1.807) is 19.1 Å². The van der Waals surface area contributed by atoms with Crippen LogP contribution in [-0.4, -0.2) is 14.1 Å². The first-order valence-electron chi connectivity index (χ1n) is 8.88. The third kappa shape index (κ3) is 4.74. The van der Waals surface area contributed by atoms with Gasteiger partial charge in [-0.05, 0) is 61.1 Å². The van der Waals surface area contributed by atoms with Crippen LogP contribution in [0.3, 0.4) is 0 Å². The molecule has 0 saturated heterocycles. The van der Waals surface area contributed by atoms with Crippen molar-refractivity contribution >= 4 is 31.7 Å². The molecule has 0 bridgehead atoms. The van der Waals surface area contributed by atoms with Gasteiger partial charge in [-0.2, -0.15) is 18.4 Å². The molecule has 0 amide bonds. The van der Waals surface area contributed by atoms with Crippen molar-refractivity contribution in [3.05, 3.63) is 64.1 Å². The molecule has 0 atom stereocenters. The van der Waals surface area contributed by atoms with E-state index in [1.807, 2.05) is 12.1 Å². The Kier molecular flexibility index (Phi) is 6.14. The predicted molar refractivity (Wildman–Crippen MR) is 109 cm³/mol. The van der Waals surface area contributed by atoms with Crippen molar-refractivity contribution in [2.45, 2.75) is 49.8 Å². The molecule has 0 spiro atoms. The molecular formula is C20H23BrN2O2S. The van der Waals surface area contributed by atoms with Crippen molar-refractivity contribution in [3.8, 4) is 0 Å². The molecule has 1 N–H and O–H groups in total. The van der Waals surface area contributed by atoms with Gasteiger partial charge < -0.3 is 0 Å². The maximum atomic E-state index is 12.3. The van der Waals surface area contributed by atoms with Gasteiger partial charge in [-0.15, -0.1) is 0 Å². The fourth-order valence-corrected chi connectivity index (χ4v) is 4.41. The van der Waals surface area contributed by atoms with E-state index >= 15 is 0 Å². The Balaban J connectivity index is 1.70. The Morgan fingerprint density at radius 3 is 2.23 bits per heavy atom. The second kappa shape index (κ2) is 8.35. The Labute approximate surface area is 163 Å². The quantitative estimate of drug-likeness (QED) is 0.519. The van der Waals surface area contributed by atoms with Gasteiger partial charge in [0.25, 0.3) is 10.0 Å². The molecule has 1 aliphatic carbocycles. The van der Waals surface area contributed by atoms with Crippen LogP contribution in [0.1, 0.15) is 56.1 Å². The highest BCUT2D eigenvalue weighted by Gasteiger charge is 2.16. The SMILES string of the molecule is C/C(=N\NS(=O)(=O)c1ccc(Br)cc1)c1ccc(C2CCCCC2)cc1. The number of nitrogens with one attached hydrogen (secondary N) is 1. The monoisotopic (exact) mass is 434 g/mol. The number of benzene rings is 2. The summed E-state index contributed by atoms with van der Waals surface area (Å²) in [4.78, 5) is 2.50. The molecule has 0 aromatic heterocycles. The fraction of sp³-hybridized carbons (Fsp3) is 0.350. The summed E-state index contributed by atoms with van der Waals surface area (Å²) >= 11 is 3.30. The highest BCUT2D eigenvalue weighted by molar-refractivity contribution is 9.10. The minimum absolute atomic E-state index is 0.185. The van der Waals surface area contributed by atoms with Gasteiger partial charge in [0.2, 0.25) is 0 Å². The number of sulfonamides is 1. The molecule has 0 unspecified atom stereocenters. The molecule has 4 nitrogen and oxygen atoms in total. The van der Waals surface area contributed by atoms with E-state index in [0.717, 1.165) is 10.0 Å². The number of hydrogen-bond donors (Lipinski definition) is 1. The largest absolute Gasteiger partial charge is 0.276 e. The lowest BCUT2D eigenvalue weighted by atomic mass is 9.84. The van der Waals surface area contributed by atoms with Crippen LogP contribution in [0.4, 0.5) is 0 Å². The zero-order valence-electron chi connectivity index (χ0n) is 14.8. The fourth-order valence-electron chi connectivity index (χ4n) is 3.29. The number of rotatable bonds is 5. The molecule has 1 saturated carbocycles. The summed E-state index contributed by atoms with van der Waals surface area (Å²) < 4.78 is 25.4. The van der Waals surface area contributed by atoms with Gasteiger partial charge in [0.05, 0.1) is 10.6 Å². The van der Waals surface area contributed by atoms with Gasteiger partial charge in [-0.3, -0.25) is 0 Å². The molecular weight excluding hydrogens is 412 g/mol. The lowest BCUT2D eigenvalue weighted by molar-refractivity contribution is 0.443. The van der Waals surface area contributed by atoms with Crippen LogP contribution in [0.2, 0.25) is 0 Å². The van der Waals surface area contributed by atoms with Crippen molar-refractivity contribution in [1.82, 2.24) is 4.83 Å². The standard InChI is InChI=1S/C20H23BrN2O2S/c1-15(22-23-26(24,25)20-13-11-19(21)12-14-20)16-7-9-18(10-8-16)17-5-3-2-4-6-17/h7-14,17,23H,2-6H2,1H3/b22-15+. The second-order valence-electron chi connectivity index (χ2n) is 6.70. The normalized spacial score (nSPS) is 16.5. The number of hydrogen-bond acceptors (Lipinski definition) is 3. The zero-order chi connectivity index (χ0) is 18.6. The lowest BCUT2D eigenvalue weighted by Crippen LogP contribution is -2.19. The summed E-state index contributed by atoms with van der Waals surface area (Å²) in [6, 6.07) is 14.8. The lowest BCUT2D eigenvalue weighted by Gasteiger charge is -2.22. The minimum atomic E-state index is -3.66. The molecule has 0 aliphatic heterocycles. The zero-order valence-corrected chi connectivity index (χ0v) is 17.2. The summed E-state index contributed by atoms with van der Waals surface area (Å²) in [5, 5.41) is 4.07. The van der Waals surface area contributed by atoms with Crippen molar-refractivity contribution in [1.29, 1.82) is 0 Å². The average molecular weight is 435 g/mol. The predicted octanol–water partition coefficient (Wildman–Crippen LogP) is 5.20. The maximum Gasteiger partial charge on any atom is 0.276 e. The van der Waals surface area contributed by atoms with E-state index in [-0.39, 0.29) is 4.90 Å². The van der Waals surface area contributed by atoms with E-state index < -0.39 is 10.0 Å². The molecule has 6 heteroatoms. The van der Waals surface area contributed by atoms with E-state index in [9.17, 15) is 8.42 Å². The Morgan fingerprint density at radius 1 is 1.00 bits per heavy atom. The molecule has 0 heterocycles. The van der Waals surface area contributed by atoms with Gasteiger partial charge in [0, 0.05) is 4.47 Å². The van der Waals surface area contributed by atoms with E-state index in [2.05, 4.69) is 38.0 Å². The molecule has 2 aromatic rings. The topological polar surface area (TPSA) is 58.5 Å². The number of halogens is 1. The van der Waals surface area contributed by atoms with Gasteiger partial charge in [0.1, 0.15) is 0 Å². The van der Waals surface area contributed by atoms with E-state index in [4.69, 9.17) is 0 Å².